The van der Waals surface area contributed by atoms with E-state index in [-0.39, 0.29) is 0 Å². The van der Waals surface area contributed by atoms with Gasteiger partial charge in [0, 0.05) is 31.4 Å². The summed E-state index contributed by atoms with van der Waals surface area (Å²) in [5.74, 6) is 0. The summed E-state index contributed by atoms with van der Waals surface area (Å²) in [7, 11) is 0. The monoisotopic (exact) mass is 306 g/mol. The van der Waals surface area contributed by atoms with Crippen molar-refractivity contribution in [2.24, 2.45) is 0 Å². The summed E-state index contributed by atoms with van der Waals surface area (Å²) in [4.78, 5) is 0. The minimum Gasteiger partial charge on any atom is -0.358 e. The minimum absolute atomic E-state index is 0.595. The Morgan fingerprint density at radius 3 is 2.62 bits per heavy atom. The summed E-state index contributed by atoms with van der Waals surface area (Å²) >= 11 is 5.33. The summed E-state index contributed by atoms with van der Waals surface area (Å²) in [6.45, 7) is 10.6. The van der Waals surface area contributed by atoms with Crippen LogP contribution in [0.4, 0.5) is 5.69 Å². The van der Waals surface area contributed by atoms with Crippen molar-refractivity contribution in [3.63, 3.8) is 0 Å². The Morgan fingerprint density at radius 1 is 1.29 bits per heavy atom. The highest BCUT2D eigenvalue weighted by molar-refractivity contribution is 7.80. The van der Waals surface area contributed by atoms with Gasteiger partial charge < -0.3 is 10.6 Å². The van der Waals surface area contributed by atoms with Crippen LogP contribution in [-0.2, 0) is 19.6 Å². The third-order valence-corrected chi connectivity index (χ3v) is 3.71. The number of thiocarbonyl (C=S) groups is 1. The van der Waals surface area contributed by atoms with Crippen LogP contribution in [0.5, 0.6) is 0 Å². The van der Waals surface area contributed by atoms with Gasteiger partial charge >= 0.3 is 0 Å². The molecule has 0 saturated carbocycles. The number of hydrogen-bond donors (Lipinski definition) is 2. The van der Waals surface area contributed by atoms with Crippen molar-refractivity contribution in [3.05, 3.63) is 29.3 Å². The van der Waals surface area contributed by atoms with Gasteiger partial charge in [-0.3, -0.25) is 9.36 Å². The van der Waals surface area contributed by atoms with Crippen molar-refractivity contribution >= 4 is 23.0 Å². The number of nitrogens with zero attached hydrogens (tertiary/aromatic N) is 4. The Labute approximate surface area is 130 Å². The predicted octanol–water partition coefficient (Wildman–Crippen LogP) is 2.22. The molecule has 2 N–H and O–H groups in total. The zero-order chi connectivity index (χ0) is 15.4. The Bertz CT molecular complexity index is 627. The first-order valence-corrected chi connectivity index (χ1v) is 7.56. The Kier molecular flexibility index (Phi) is 4.95. The molecule has 0 amide bonds. The van der Waals surface area contributed by atoms with E-state index in [4.69, 9.17) is 12.2 Å². The van der Waals surface area contributed by atoms with Gasteiger partial charge in [-0.1, -0.05) is 0 Å². The summed E-state index contributed by atoms with van der Waals surface area (Å²) in [5.41, 5.74) is 4.20. The second-order valence-corrected chi connectivity index (χ2v) is 5.27. The number of aromatic nitrogens is 4. The van der Waals surface area contributed by atoms with Crippen LogP contribution in [0, 0.1) is 13.8 Å². The van der Waals surface area contributed by atoms with E-state index in [0.29, 0.717) is 11.7 Å². The molecule has 0 fully saturated rings. The Morgan fingerprint density at radius 2 is 2.05 bits per heavy atom. The third kappa shape index (κ3) is 3.60. The van der Waals surface area contributed by atoms with Crippen molar-refractivity contribution in [2.45, 2.75) is 47.3 Å². The van der Waals surface area contributed by atoms with Crippen molar-refractivity contribution in [2.75, 3.05) is 5.32 Å². The van der Waals surface area contributed by atoms with Crippen LogP contribution in [0.3, 0.4) is 0 Å². The molecular weight excluding hydrogens is 284 g/mol. The molecule has 0 aliphatic heterocycles. The molecule has 2 aromatic heterocycles. The fourth-order valence-electron chi connectivity index (χ4n) is 2.12. The van der Waals surface area contributed by atoms with Gasteiger partial charge in [-0.25, -0.2) is 0 Å². The number of anilines is 1. The topological polar surface area (TPSA) is 59.7 Å². The van der Waals surface area contributed by atoms with Gasteiger partial charge in [0.1, 0.15) is 0 Å². The van der Waals surface area contributed by atoms with Crippen LogP contribution in [0.1, 0.15) is 30.8 Å². The first-order valence-electron chi connectivity index (χ1n) is 7.15. The van der Waals surface area contributed by atoms with Gasteiger partial charge in [0.2, 0.25) is 0 Å². The highest BCUT2D eigenvalue weighted by Crippen LogP contribution is 2.13. The summed E-state index contributed by atoms with van der Waals surface area (Å²) in [5, 5.41) is 15.7. The van der Waals surface area contributed by atoms with Gasteiger partial charge in [0.15, 0.2) is 5.11 Å². The van der Waals surface area contributed by atoms with Gasteiger partial charge in [0.05, 0.1) is 23.3 Å². The highest BCUT2D eigenvalue weighted by atomic mass is 32.1. The molecule has 6 nitrogen and oxygen atoms in total. The largest absolute Gasteiger partial charge is 0.358 e. The summed E-state index contributed by atoms with van der Waals surface area (Å²) < 4.78 is 3.86. The van der Waals surface area contributed by atoms with Crippen LogP contribution in [0.2, 0.25) is 0 Å². The molecule has 114 valence electrons. The smallest absolute Gasteiger partial charge is 0.171 e. The molecule has 0 aliphatic rings. The Balaban J connectivity index is 1.92. The second kappa shape index (κ2) is 6.71. The number of hydrogen-bond acceptors (Lipinski definition) is 3. The van der Waals surface area contributed by atoms with E-state index in [9.17, 15) is 0 Å². The highest BCUT2D eigenvalue weighted by Gasteiger charge is 2.08. The van der Waals surface area contributed by atoms with Crippen LogP contribution in [0.25, 0.3) is 0 Å². The van der Waals surface area contributed by atoms with E-state index in [2.05, 4.69) is 34.7 Å². The standard InChI is InChI=1S/C14H22N6S/c1-5-19-9-12(10(3)18-19)7-15-14(21)17-13-8-16-20(6-2)11(13)4/h8-9H,5-7H2,1-4H3,(H2,15,17,21). The molecule has 0 saturated heterocycles. The third-order valence-electron chi connectivity index (χ3n) is 3.46. The van der Waals surface area contributed by atoms with E-state index in [1.54, 1.807) is 6.20 Å². The van der Waals surface area contributed by atoms with E-state index in [1.165, 1.54) is 0 Å². The van der Waals surface area contributed by atoms with Crippen LogP contribution >= 0.6 is 12.2 Å². The van der Waals surface area contributed by atoms with Crippen LogP contribution < -0.4 is 10.6 Å². The lowest BCUT2D eigenvalue weighted by Crippen LogP contribution is -2.28. The quantitative estimate of drug-likeness (QED) is 0.830. The normalized spacial score (nSPS) is 10.7. The van der Waals surface area contributed by atoms with E-state index >= 15 is 0 Å². The van der Waals surface area contributed by atoms with Crippen LogP contribution in [0.15, 0.2) is 12.4 Å². The molecule has 0 aliphatic carbocycles. The molecule has 0 spiro atoms. The van der Waals surface area contributed by atoms with Gasteiger partial charge in [0.25, 0.3) is 0 Å². The minimum atomic E-state index is 0.595. The molecule has 7 heteroatoms. The van der Waals surface area contributed by atoms with Gasteiger partial charge in [-0.05, 0) is 39.9 Å². The van der Waals surface area contributed by atoms with Crippen LogP contribution in [-0.4, -0.2) is 24.7 Å². The van der Waals surface area contributed by atoms with E-state index in [1.807, 2.05) is 29.4 Å². The lowest BCUT2D eigenvalue weighted by Gasteiger charge is -2.09. The summed E-state index contributed by atoms with van der Waals surface area (Å²) in [6.07, 6.45) is 3.85. The number of rotatable bonds is 5. The lowest BCUT2D eigenvalue weighted by atomic mass is 10.3. The van der Waals surface area contributed by atoms with Gasteiger partial charge in [-0.15, -0.1) is 0 Å². The molecule has 0 bridgehead atoms. The molecule has 21 heavy (non-hydrogen) atoms. The van der Waals surface area contributed by atoms with Gasteiger partial charge in [-0.2, -0.15) is 10.2 Å². The van der Waals surface area contributed by atoms with E-state index in [0.717, 1.165) is 35.7 Å². The molecular formula is C14H22N6S. The number of nitrogens with one attached hydrogen (secondary N) is 2. The maximum Gasteiger partial charge on any atom is 0.171 e. The first-order chi connectivity index (χ1) is 10.0. The average Bonchev–Trinajstić information content (AvgIpc) is 3.00. The molecule has 2 aromatic rings. The maximum absolute atomic E-state index is 5.33. The maximum atomic E-state index is 5.33. The second-order valence-electron chi connectivity index (χ2n) is 4.86. The zero-order valence-corrected chi connectivity index (χ0v) is 13.8. The fourth-order valence-corrected chi connectivity index (χ4v) is 2.31. The first kappa shape index (κ1) is 15.5. The van der Waals surface area contributed by atoms with Crippen molar-refractivity contribution in [3.8, 4) is 0 Å². The summed E-state index contributed by atoms with van der Waals surface area (Å²) in [6, 6.07) is 0. The predicted molar refractivity (Wildman–Crippen MR) is 88.3 cm³/mol. The number of aryl methyl sites for hydroxylation is 3. The molecule has 0 atom stereocenters. The zero-order valence-electron chi connectivity index (χ0n) is 13.0. The van der Waals surface area contributed by atoms with Crippen molar-refractivity contribution in [1.82, 2.24) is 24.9 Å². The van der Waals surface area contributed by atoms with E-state index < -0.39 is 0 Å². The fraction of sp³-hybridized carbons (Fsp3) is 0.500. The molecule has 0 radical (unpaired) electrons. The molecule has 0 unspecified atom stereocenters. The molecule has 2 rings (SSSR count). The molecule has 2 heterocycles. The van der Waals surface area contributed by atoms with Crippen molar-refractivity contribution in [1.29, 1.82) is 0 Å². The SMILES string of the molecule is CCn1cc(CNC(=S)Nc2cnn(CC)c2C)c(C)n1. The lowest BCUT2D eigenvalue weighted by molar-refractivity contribution is 0.640. The Hall–Kier alpha value is -1.89. The average molecular weight is 306 g/mol. The van der Waals surface area contributed by atoms with Crippen molar-refractivity contribution < 1.29 is 0 Å². The molecule has 0 aromatic carbocycles.